The van der Waals surface area contributed by atoms with Gasteiger partial charge in [0.25, 0.3) is 0 Å². The fraction of sp³-hybridized carbons (Fsp3) is 0.333. The molecule has 5 nitrogen and oxygen atoms in total. The van der Waals surface area contributed by atoms with E-state index in [1.807, 2.05) is 50.2 Å². The van der Waals surface area contributed by atoms with Crippen molar-refractivity contribution in [2.75, 3.05) is 13.2 Å². The molecule has 6 heteroatoms. The first kappa shape index (κ1) is 22.0. The van der Waals surface area contributed by atoms with Crippen molar-refractivity contribution in [2.45, 2.75) is 39.7 Å². The fourth-order valence-corrected chi connectivity index (χ4v) is 4.28. The molecule has 1 heterocycles. The van der Waals surface area contributed by atoms with Crippen LogP contribution in [0.25, 0.3) is 10.6 Å². The Bertz CT molecular complexity index is 984. The van der Waals surface area contributed by atoms with E-state index in [1.54, 1.807) is 18.3 Å². The smallest absolute Gasteiger partial charge is 0.333 e. The largest absolute Gasteiger partial charge is 0.493 e. The van der Waals surface area contributed by atoms with E-state index in [-0.39, 0.29) is 0 Å². The number of hydrogen-bond donors (Lipinski definition) is 1. The van der Waals surface area contributed by atoms with Crippen molar-refractivity contribution < 1.29 is 19.4 Å². The number of aryl methyl sites for hydroxylation is 2. The number of benzene rings is 2. The van der Waals surface area contributed by atoms with Crippen molar-refractivity contribution in [3.05, 3.63) is 70.2 Å². The maximum Gasteiger partial charge on any atom is 0.333 e. The highest BCUT2D eigenvalue weighted by Gasteiger charge is 2.19. The van der Waals surface area contributed by atoms with Crippen LogP contribution in [0, 0.1) is 13.8 Å². The zero-order chi connectivity index (χ0) is 21.5. The maximum atomic E-state index is 11.3. The zero-order valence-electron chi connectivity index (χ0n) is 17.6. The molecular weight excluding hydrogens is 398 g/mol. The van der Waals surface area contributed by atoms with Gasteiger partial charge in [-0.1, -0.05) is 36.4 Å². The molecule has 158 valence electrons. The van der Waals surface area contributed by atoms with Gasteiger partial charge in [-0.15, -0.1) is 11.3 Å². The Morgan fingerprint density at radius 3 is 2.60 bits per heavy atom. The molecular formula is C24H27NO4S. The van der Waals surface area contributed by atoms with E-state index in [4.69, 9.17) is 14.5 Å². The molecule has 3 aromatic rings. The van der Waals surface area contributed by atoms with Crippen LogP contribution in [0.3, 0.4) is 0 Å². The highest BCUT2D eigenvalue weighted by Crippen LogP contribution is 2.28. The molecule has 0 aliphatic heterocycles. The Kier molecular flexibility index (Phi) is 7.60. The van der Waals surface area contributed by atoms with E-state index in [2.05, 4.69) is 12.1 Å². The molecule has 3 rings (SSSR count). The van der Waals surface area contributed by atoms with Crippen LogP contribution in [-0.2, 0) is 22.4 Å². The summed E-state index contributed by atoms with van der Waals surface area (Å²) in [7, 11) is 0. The SMILES string of the molecule is CCOC(Cc1ccc(OCCc2sc(-c3ccccc3)nc2C)cc1C)C(=O)O. The van der Waals surface area contributed by atoms with Gasteiger partial charge in [-0.25, -0.2) is 9.78 Å². The van der Waals surface area contributed by atoms with E-state index in [1.165, 1.54) is 4.88 Å². The molecule has 0 bridgehead atoms. The lowest BCUT2D eigenvalue weighted by Gasteiger charge is -2.15. The summed E-state index contributed by atoms with van der Waals surface area (Å²) in [6, 6.07) is 16.0. The van der Waals surface area contributed by atoms with Crippen molar-refractivity contribution in [2.24, 2.45) is 0 Å². The summed E-state index contributed by atoms with van der Waals surface area (Å²) in [5.41, 5.74) is 4.13. The highest BCUT2D eigenvalue weighted by atomic mass is 32.1. The third-order valence-electron chi connectivity index (χ3n) is 4.87. The van der Waals surface area contributed by atoms with E-state index in [0.717, 1.165) is 39.6 Å². The van der Waals surface area contributed by atoms with Crippen molar-refractivity contribution in [1.29, 1.82) is 0 Å². The number of aromatic nitrogens is 1. The van der Waals surface area contributed by atoms with Crippen LogP contribution in [0.1, 0.15) is 28.6 Å². The zero-order valence-corrected chi connectivity index (χ0v) is 18.4. The Labute approximate surface area is 181 Å². The normalized spacial score (nSPS) is 12.0. The lowest BCUT2D eigenvalue weighted by molar-refractivity contribution is -0.149. The van der Waals surface area contributed by atoms with Gasteiger partial charge in [0.2, 0.25) is 0 Å². The minimum atomic E-state index is -0.939. The second kappa shape index (κ2) is 10.4. The summed E-state index contributed by atoms with van der Waals surface area (Å²) in [4.78, 5) is 17.2. The summed E-state index contributed by atoms with van der Waals surface area (Å²) in [5.74, 6) is -0.156. The van der Waals surface area contributed by atoms with E-state index in [0.29, 0.717) is 19.6 Å². The number of ether oxygens (including phenoxy) is 2. The van der Waals surface area contributed by atoms with Crippen LogP contribution < -0.4 is 4.74 Å². The molecule has 1 unspecified atom stereocenters. The van der Waals surface area contributed by atoms with Gasteiger partial charge in [0, 0.05) is 29.9 Å². The number of carboxylic acid groups (broad SMARTS) is 1. The van der Waals surface area contributed by atoms with Gasteiger partial charge in [-0.05, 0) is 44.0 Å². The molecule has 0 aliphatic carbocycles. The first-order valence-corrected chi connectivity index (χ1v) is 10.9. The molecule has 0 radical (unpaired) electrons. The van der Waals surface area contributed by atoms with Crippen molar-refractivity contribution in [1.82, 2.24) is 4.98 Å². The Balaban J connectivity index is 1.58. The average Bonchev–Trinajstić information content (AvgIpc) is 3.10. The van der Waals surface area contributed by atoms with Gasteiger partial charge >= 0.3 is 5.97 Å². The van der Waals surface area contributed by atoms with Crippen LogP contribution in [0.5, 0.6) is 5.75 Å². The summed E-state index contributed by atoms with van der Waals surface area (Å²) in [6.45, 7) is 6.74. The standard InChI is InChI=1S/C24H27NO4S/c1-4-28-21(24(26)27)15-19-10-11-20(14-16(19)2)29-13-12-22-17(3)25-23(30-22)18-8-6-5-7-9-18/h5-11,14,21H,4,12-13,15H2,1-3H3,(H,26,27). The Morgan fingerprint density at radius 1 is 1.17 bits per heavy atom. The quantitative estimate of drug-likeness (QED) is 0.490. The average molecular weight is 426 g/mol. The second-order valence-electron chi connectivity index (χ2n) is 7.07. The molecule has 2 aromatic carbocycles. The van der Waals surface area contributed by atoms with Gasteiger partial charge in [0.15, 0.2) is 6.10 Å². The highest BCUT2D eigenvalue weighted by molar-refractivity contribution is 7.15. The van der Waals surface area contributed by atoms with Gasteiger partial charge in [-0.3, -0.25) is 0 Å². The number of thiazole rings is 1. The predicted molar refractivity (Wildman–Crippen MR) is 119 cm³/mol. The Hall–Kier alpha value is -2.70. The first-order chi connectivity index (χ1) is 14.5. The minimum Gasteiger partial charge on any atom is -0.493 e. The predicted octanol–water partition coefficient (Wildman–Crippen LogP) is 5.08. The number of carboxylic acids is 1. The number of aliphatic carboxylic acids is 1. The maximum absolute atomic E-state index is 11.3. The van der Waals surface area contributed by atoms with Crippen molar-refractivity contribution >= 4 is 17.3 Å². The number of nitrogens with zero attached hydrogens (tertiary/aromatic N) is 1. The van der Waals surface area contributed by atoms with E-state index in [9.17, 15) is 9.90 Å². The van der Waals surface area contributed by atoms with Crippen LogP contribution in [0.2, 0.25) is 0 Å². The van der Waals surface area contributed by atoms with Crippen molar-refractivity contribution in [3.8, 4) is 16.3 Å². The number of rotatable bonds is 10. The molecule has 0 fully saturated rings. The molecule has 1 aromatic heterocycles. The van der Waals surface area contributed by atoms with Gasteiger partial charge in [0.1, 0.15) is 10.8 Å². The summed E-state index contributed by atoms with van der Waals surface area (Å²) in [5, 5.41) is 10.3. The molecule has 0 spiro atoms. The van der Waals surface area contributed by atoms with Crippen LogP contribution >= 0.6 is 11.3 Å². The summed E-state index contributed by atoms with van der Waals surface area (Å²) < 4.78 is 11.3. The van der Waals surface area contributed by atoms with Crippen molar-refractivity contribution in [3.63, 3.8) is 0 Å². The van der Waals surface area contributed by atoms with Gasteiger partial charge < -0.3 is 14.6 Å². The van der Waals surface area contributed by atoms with Gasteiger partial charge in [0.05, 0.1) is 12.3 Å². The Morgan fingerprint density at radius 2 is 1.93 bits per heavy atom. The number of hydrogen-bond acceptors (Lipinski definition) is 5. The molecule has 0 amide bonds. The molecule has 1 atom stereocenters. The molecule has 30 heavy (non-hydrogen) atoms. The van der Waals surface area contributed by atoms with Gasteiger partial charge in [-0.2, -0.15) is 0 Å². The second-order valence-corrected chi connectivity index (χ2v) is 8.15. The third kappa shape index (κ3) is 5.68. The van der Waals surface area contributed by atoms with E-state index >= 15 is 0 Å². The molecule has 0 saturated heterocycles. The van der Waals surface area contributed by atoms with E-state index < -0.39 is 12.1 Å². The van der Waals surface area contributed by atoms with Crippen LogP contribution in [0.15, 0.2) is 48.5 Å². The third-order valence-corrected chi connectivity index (χ3v) is 6.14. The molecule has 0 saturated carbocycles. The van der Waals surface area contributed by atoms with Crippen LogP contribution in [-0.4, -0.2) is 35.4 Å². The molecule has 1 N–H and O–H groups in total. The minimum absolute atomic E-state index is 0.345. The summed E-state index contributed by atoms with van der Waals surface area (Å²) in [6.07, 6.45) is 0.314. The lowest BCUT2D eigenvalue weighted by Crippen LogP contribution is -2.26. The summed E-state index contributed by atoms with van der Waals surface area (Å²) >= 11 is 1.71. The monoisotopic (exact) mass is 425 g/mol. The van der Waals surface area contributed by atoms with Crippen LogP contribution in [0.4, 0.5) is 0 Å². The number of carbonyl (C=O) groups is 1. The first-order valence-electron chi connectivity index (χ1n) is 10.1. The topological polar surface area (TPSA) is 68.7 Å². The fourth-order valence-electron chi connectivity index (χ4n) is 3.23. The molecule has 0 aliphatic rings. The lowest BCUT2D eigenvalue weighted by atomic mass is 10.0.